The van der Waals surface area contributed by atoms with Crippen LogP contribution in [0.5, 0.6) is 0 Å². The number of para-hydroxylation sites is 2. The number of benzene rings is 6. The van der Waals surface area contributed by atoms with Crippen LogP contribution < -0.4 is 0 Å². The highest BCUT2D eigenvalue weighted by atomic mass is 32.1. The average Bonchev–Trinajstić information content (AvgIpc) is 3.78. The molecular formula is C40H23N3S2. The van der Waals surface area contributed by atoms with Gasteiger partial charge in [-0.25, -0.2) is 9.97 Å². The van der Waals surface area contributed by atoms with Crippen molar-refractivity contribution in [3.8, 4) is 28.3 Å². The lowest BCUT2D eigenvalue weighted by atomic mass is 10.1. The maximum atomic E-state index is 5.36. The molecule has 5 heteroatoms. The van der Waals surface area contributed by atoms with Crippen LogP contribution in [0.1, 0.15) is 0 Å². The van der Waals surface area contributed by atoms with Gasteiger partial charge in [0.05, 0.1) is 32.6 Å². The molecule has 0 spiro atoms. The fraction of sp³-hybridized carbons (Fsp3) is 0. The number of rotatable bonds is 3. The number of hydrogen-bond acceptors (Lipinski definition) is 4. The van der Waals surface area contributed by atoms with E-state index in [9.17, 15) is 0 Å². The van der Waals surface area contributed by atoms with Gasteiger partial charge in [0.15, 0.2) is 5.82 Å². The largest absolute Gasteiger partial charge is 0.308 e. The standard InChI is InChI=1S/C40H23N3S2/c1-2-12-24(13-3-1)40-41-36(39-37(42-40)29-17-7-11-21-33(29)45-39)27-15-5-9-19-31(27)43-30-18-8-4-14-25(30)26-22-23-34-35(38(26)43)28-16-6-10-20-32(28)44-34/h1-23H. The fourth-order valence-corrected chi connectivity index (χ4v) is 9.13. The van der Waals surface area contributed by atoms with Gasteiger partial charge in [-0.3, -0.25) is 0 Å². The van der Waals surface area contributed by atoms with E-state index in [4.69, 9.17) is 9.97 Å². The normalized spacial score (nSPS) is 12.0. The van der Waals surface area contributed by atoms with Gasteiger partial charge < -0.3 is 4.57 Å². The maximum Gasteiger partial charge on any atom is 0.160 e. The van der Waals surface area contributed by atoms with Crippen molar-refractivity contribution in [3.63, 3.8) is 0 Å². The van der Waals surface area contributed by atoms with Gasteiger partial charge in [0.1, 0.15) is 0 Å². The molecule has 4 aromatic heterocycles. The highest BCUT2D eigenvalue weighted by Crippen LogP contribution is 2.46. The maximum absolute atomic E-state index is 5.36. The summed E-state index contributed by atoms with van der Waals surface area (Å²) in [7, 11) is 0. The van der Waals surface area contributed by atoms with Crippen LogP contribution in [0.3, 0.4) is 0 Å². The molecule has 0 aliphatic rings. The fourth-order valence-electron chi connectivity index (χ4n) is 6.87. The minimum absolute atomic E-state index is 0.741. The average molecular weight is 610 g/mol. The van der Waals surface area contributed by atoms with E-state index >= 15 is 0 Å². The summed E-state index contributed by atoms with van der Waals surface area (Å²) in [4.78, 5) is 10.5. The molecule has 3 nitrogen and oxygen atoms in total. The number of aromatic nitrogens is 3. The Morgan fingerprint density at radius 1 is 0.489 bits per heavy atom. The van der Waals surface area contributed by atoms with E-state index < -0.39 is 0 Å². The molecule has 10 aromatic rings. The molecule has 0 fully saturated rings. The third-order valence-corrected chi connectivity index (χ3v) is 11.1. The molecule has 0 saturated carbocycles. The van der Waals surface area contributed by atoms with Crippen LogP contribution in [0, 0.1) is 0 Å². The van der Waals surface area contributed by atoms with Crippen molar-refractivity contribution < 1.29 is 0 Å². The van der Waals surface area contributed by atoms with Gasteiger partial charge in [-0.05, 0) is 30.3 Å². The van der Waals surface area contributed by atoms with Crippen molar-refractivity contribution in [1.29, 1.82) is 0 Å². The molecular weight excluding hydrogens is 587 g/mol. The Kier molecular flexibility index (Phi) is 5.32. The summed E-state index contributed by atoms with van der Waals surface area (Å²) in [5.41, 5.74) is 7.61. The van der Waals surface area contributed by atoms with E-state index in [2.05, 4.69) is 138 Å². The van der Waals surface area contributed by atoms with Crippen LogP contribution in [0.4, 0.5) is 0 Å². The van der Waals surface area contributed by atoms with Crippen LogP contribution in [-0.2, 0) is 0 Å². The lowest BCUT2D eigenvalue weighted by Crippen LogP contribution is -2.00. The molecule has 0 amide bonds. The van der Waals surface area contributed by atoms with Gasteiger partial charge in [-0.2, -0.15) is 0 Å². The summed E-state index contributed by atoms with van der Waals surface area (Å²) >= 11 is 3.64. The zero-order valence-corrected chi connectivity index (χ0v) is 25.6. The molecule has 0 N–H and O–H groups in total. The number of hydrogen-bond donors (Lipinski definition) is 0. The quantitative estimate of drug-likeness (QED) is 0.199. The first-order chi connectivity index (χ1) is 22.3. The van der Waals surface area contributed by atoms with Crippen LogP contribution in [0.2, 0.25) is 0 Å². The van der Waals surface area contributed by atoms with Gasteiger partial charge in [-0.1, -0.05) is 109 Å². The van der Waals surface area contributed by atoms with E-state index in [1.54, 1.807) is 11.3 Å². The van der Waals surface area contributed by atoms with Gasteiger partial charge in [0.25, 0.3) is 0 Å². The summed E-state index contributed by atoms with van der Waals surface area (Å²) in [6, 6.07) is 49.8. The molecule has 0 aliphatic carbocycles. The van der Waals surface area contributed by atoms with Gasteiger partial charge in [0, 0.05) is 52.2 Å². The first kappa shape index (κ1) is 25.0. The molecule has 210 valence electrons. The predicted molar refractivity (Wildman–Crippen MR) is 193 cm³/mol. The molecule has 0 radical (unpaired) electrons. The molecule has 4 heterocycles. The van der Waals surface area contributed by atoms with Crippen LogP contribution in [-0.4, -0.2) is 14.5 Å². The van der Waals surface area contributed by atoms with Crippen LogP contribution in [0.25, 0.3) is 90.6 Å². The van der Waals surface area contributed by atoms with Crippen molar-refractivity contribution >= 4 is 85.0 Å². The molecule has 6 aromatic carbocycles. The van der Waals surface area contributed by atoms with Crippen molar-refractivity contribution in [3.05, 3.63) is 140 Å². The van der Waals surface area contributed by atoms with E-state index in [1.807, 2.05) is 17.4 Å². The first-order valence-corrected chi connectivity index (χ1v) is 16.6. The van der Waals surface area contributed by atoms with E-state index in [1.165, 1.54) is 52.1 Å². The highest BCUT2D eigenvalue weighted by molar-refractivity contribution is 7.26. The second kappa shape index (κ2) is 9.57. The minimum atomic E-state index is 0.741. The summed E-state index contributed by atoms with van der Waals surface area (Å²) in [5, 5.41) is 6.28. The Morgan fingerprint density at radius 2 is 1.18 bits per heavy atom. The highest BCUT2D eigenvalue weighted by Gasteiger charge is 2.23. The second-order valence-corrected chi connectivity index (χ2v) is 13.5. The molecule has 10 rings (SSSR count). The summed E-state index contributed by atoms with van der Waals surface area (Å²) in [5.74, 6) is 0.741. The van der Waals surface area contributed by atoms with Crippen LogP contribution in [0.15, 0.2) is 140 Å². The van der Waals surface area contributed by atoms with E-state index in [0.29, 0.717) is 0 Å². The summed E-state index contributed by atoms with van der Waals surface area (Å²) in [6.45, 7) is 0. The lowest BCUT2D eigenvalue weighted by Gasteiger charge is -2.15. The Bertz CT molecular complexity index is 2770. The Morgan fingerprint density at radius 3 is 2.04 bits per heavy atom. The van der Waals surface area contributed by atoms with Crippen molar-refractivity contribution in [1.82, 2.24) is 14.5 Å². The predicted octanol–water partition coefficient (Wildman–Crippen LogP) is 11.6. The smallest absolute Gasteiger partial charge is 0.160 e. The van der Waals surface area contributed by atoms with Crippen molar-refractivity contribution in [2.24, 2.45) is 0 Å². The van der Waals surface area contributed by atoms with Crippen molar-refractivity contribution in [2.75, 3.05) is 0 Å². The molecule has 45 heavy (non-hydrogen) atoms. The van der Waals surface area contributed by atoms with Gasteiger partial charge >= 0.3 is 0 Å². The number of thiophene rings is 2. The third-order valence-electron chi connectivity index (χ3n) is 8.83. The Hall–Kier alpha value is -5.36. The number of fused-ring (bicyclic) bond motifs is 10. The second-order valence-electron chi connectivity index (χ2n) is 11.3. The van der Waals surface area contributed by atoms with Gasteiger partial charge in [0.2, 0.25) is 0 Å². The lowest BCUT2D eigenvalue weighted by molar-refractivity contribution is 1.17. The number of nitrogens with zero attached hydrogens (tertiary/aromatic N) is 3. The SMILES string of the molecule is c1ccc(-c2nc(-c3ccccc3-n3c4ccccc4c4ccc5sc6ccccc6c5c43)c3sc4ccccc4c3n2)cc1. The molecule has 0 aliphatic heterocycles. The molecule has 0 unspecified atom stereocenters. The Balaban J connectivity index is 1.37. The molecule has 0 atom stereocenters. The summed E-state index contributed by atoms with van der Waals surface area (Å²) < 4.78 is 7.40. The molecule has 0 bridgehead atoms. The zero-order valence-electron chi connectivity index (χ0n) is 23.9. The summed E-state index contributed by atoms with van der Waals surface area (Å²) in [6.07, 6.45) is 0. The zero-order chi connectivity index (χ0) is 29.5. The van der Waals surface area contributed by atoms with E-state index in [0.717, 1.165) is 38.5 Å². The topological polar surface area (TPSA) is 30.7 Å². The minimum Gasteiger partial charge on any atom is -0.308 e. The third kappa shape index (κ3) is 3.62. The monoisotopic (exact) mass is 609 g/mol. The van der Waals surface area contributed by atoms with E-state index in [-0.39, 0.29) is 0 Å². The Labute approximate surface area is 266 Å². The van der Waals surface area contributed by atoms with Gasteiger partial charge in [-0.15, -0.1) is 22.7 Å². The molecule has 0 saturated heterocycles. The van der Waals surface area contributed by atoms with Crippen molar-refractivity contribution in [2.45, 2.75) is 0 Å². The van der Waals surface area contributed by atoms with Crippen LogP contribution >= 0.6 is 22.7 Å². The first-order valence-electron chi connectivity index (χ1n) is 15.0.